The third-order valence-corrected chi connectivity index (χ3v) is 5.94. The molecule has 5 nitrogen and oxygen atoms in total. The molecular formula is C21H33FN4O. The molecule has 2 N–H and O–H groups in total. The maximum Gasteiger partial charge on any atom is 0.237 e. The van der Waals surface area contributed by atoms with Crippen LogP contribution in [0.5, 0.6) is 0 Å². The van der Waals surface area contributed by atoms with Crippen LogP contribution in [0.4, 0.5) is 4.39 Å². The molecule has 2 saturated heterocycles. The fourth-order valence-corrected chi connectivity index (χ4v) is 4.54. The lowest BCUT2D eigenvalue weighted by Gasteiger charge is -2.38. The summed E-state index contributed by atoms with van der Waals surface area (Å²) >= 11 is 0. The van der Waals surface area contributed by atoms with E-state index < -0.39 is 0 Å². The Morgan fingerprint density at radius 2 is 2.07 bits per heavy atom. The molecule has 2 aliphatic heterocycles. The molecule has 3 rings (SSSR count). The van der Waals surface area contributed by atoms with Gasteiger partial charge in [0.1, 0.15) is 5.82 Å². The molecule has 0 aliphatic carbocycles. The quantitative estimate of drug-likeness (QED) is 0.764. The Hall–Kier alpha value is -1.50. The Morgan fingerprint density at radius 3 is 2.74 bits per heavy atom. The highest BCUT2D eigenvalue weighted by molar-refractivity contribution is 5.82. The molecule has 0 spiro atoms. The van der Waals surface area contributed by atoms with Gasteiger partial charge in [0, 0.05) is 32.2 Å². The van der Waals surface area contributed by atoms with Crippen LogP contribution in [-0.4, -0.2) is 67.1 Å². The Morgan fingerprint density at radius 1 is 1.30 bits per heavy atom. The Bertz CT molecular complexity index is 618. The second kappa shape index (κ2) is 9.62. The van der Waals surface area contributed by atoms with E-state index in [0.717, 1.165) is 44.5 Å². The van der Waals surface area contributed by atoms with E-state index in [4.69, 9.17) is 0 Å². The van der Waals surface area contributed by atoms with Crippen LogP contribution in [0, 0.1) is 5.82 Å². The van der Waals surface area contributed by atoms with E-state index in [1.54, 1.807) is 19.2 Å². The highest BCUT2D eigenvalue weighted by Gasteiger charge is 2.40. The van der Waals surface area contributed by atoms with Crippen molar-refractivity contribution in [1.82, 2.24) is 20.4 Å². The zero-order valence-corrected chi connectivity index (χ0v) is 16.6. The fourth-order valence-electron chi connectivity index (χ4n) is 4.54. The van der Waals surface area contributed by atoms with Crippen molar-refractivity contribution < 1.29 is 9.18 Å². The molecule has 0 bridgehead atoms. The summed E-state index contributed by atoms with van der Waals surface area (Å²) in [6.45, 7) is 7.15. The van der Waals surface area contributed by atoms with Crippen LogP contribution >= 0.6 is 0 Å². The van der Waals surface area contributed by atoms with Gasteiger partial charge >= 0.3 is 0 Å². The number of piperidine rings is 1. The van der Waals surface area contributed by atoms with Crippen molar-refractivity contribution in [3.05, 3.63) is 35.6 Å². The Labute approximate surface area is 162 Å². The summed E-state index contributed by atoms with van der Waals surface area (Å²) in [6, 6.07) is 7.37. The van der Waals surface area contributed by atoms with Crippen LogP contribution in [0.25, 0.3) is 0 Å². The number of amides is 1. The number of carbonyl (C=O) groups excluding carboxylic acids is 1. The predicted molar refractivity (Wildman–Crippen MR) is 106 cm³/mol. The maximum absolute atomic E-state index is 13.4. The van der Waals surface area contributed by atoms with Crippen LogP contribution in [0.2, 0.25) is 0 Å². The van der Waals surface area contributed by atoms with Crippen molar-refractivity contribution >= 4 is 5.91 Å². The molecule has 0 unspecified atom stereocenters. The number of carbonyl (C=O) groups is 1. The number of nitrogens with zero attached hydrogens (tertiary/aromatic N) is 2. The largest absolute Gasteiger partial charge is 0.358 e. The molecule has 1 aromatic carbocycles. The van der Waals surface area contributed by atoms with E-state index in [1.807, 2.05) is 6.07 Å². The second-order valence-electron chi connectivity index (χ2n) is 7.84. The van der Waals surface area contributed by atoms with Crippen molar-refractivity contribution in [2.45, 2.75) is 57.3 Å². The third-order valence-electron chi connectivity index (χ3n) is 5.94. The monoisotopic (exact) mass is 376 g/mol. The molecule has 2 aliphatic rings. The fraction of sp³-hybridized carbons (Fsp3) is 0.667. The van der Waals surface area contributed by atoms with E-state index in [9.17, 15) is 9.18 Å². The highest BCUT2D eigenvalue weighted by Crippen LogP contribution is 2.27. The molecule has 150 valence electrons. The van der Waals surface area contributed by atoms with Gasteiger partial charge in [-0.15, -0.1) is 0 Å². The van der Waals surface area contributed by atoms with Gasteiger partial charge in [-0.2, -0.15) is 0 Å². The molecule has 0 saturated carbocycles. The minimum atomic E-state index is -0.204. The van der Waals surface area contributed by atoms with E-state index in [2.05, 4.69) is 27.4 Å². The van der Waals surface area contributed by atoms with Gasteiger partial charge in [-0.1, -0.05) is 19.1 Å². The van der Waals surface area contributed by atoms with Gasteiger partial charge in [0.25, 0.3) is 0 Å². The number of likely N-dealkylation sites (tertiary alicyclic amines) is 2. The number of hydrogen-bond donors (Lipinski definition) is 2. The van der Waals surface area contributed by atoms with Crippen molar-refractivity contribution in [1.29, 1.82) is 0 Å². The molecule has 2 heterocycles. The number of halogens is 1. The minimum absolute atomic E-state index is 0.0669. The first-order valence-electron chi connectivity index (χ1n) is 10.3. The van der Waals surface area contributed by atoms with Gasteiger partial charge in [0.15, 0.2) is 0 Å². The molecule has 27 heavy (non-hydrogen) atoms. The maximum atomic E-state index is 13.4. The first-order valence-corrected chi connectivity index (χ1v) is 10.3. The number of nitrogens with one attached hydrogen (secondary N) is 2. The van der Waals surface area contributed by atoms with Crippen LogP contribution in [0.1, 0.15) is 38.2 Å². The van der Waals surface area contributed by atoms with Crippen LogP contribution in [0.15, 0.2) is 24.3 Å². The molecule has 0 radical (unpaired) electrons. The summed E-state index contributed by atoms with van der Waals surface area (Å²) in [4.78, 5) is 17.4. The Balaban J connectivity index is 1.58. The van der Waals surface area contributed by atoms with Gasteiger partial charge in [-0.3, -0.25) is 9.69 Å². The van der Waals surface area contributed by atoms with E-state index in [0.29, 0.717) is 12.6 Å². The SMILES string of the molecule is CCCN1CCC(N2C[C@H](NCc3cccc(F)c3)C[C@H]2C(=O)NC)CC1. The zero-order chi connectivity index (χ0) is 19.2. The summed E-state index contributed by atoms with van der Waals surface area (Å²) in [5.74, 6) is -0.0922. The summed E-state index contributed by atoms with van der Waals surface area (Å²) in [6.07, 6.45) is 4.26. The standard InChI is InChI=1S/C21H33FN4O/c1-3-9-25-10-7-19(8-11-25)26-15-18(13-20(26)21(27)23-2)24-14-16-5-4-6-17(22)12-16/h4-6,12,18-20,24H,3,7-11,13-15H2,1-2H3,(H,23,27)/t18-,20+/m1/s1. The van der Waals surface area contributed by atoms with E-state index >= 15 is 0 Å². The Kier molecular flexibility index (Phi) is 7.21. The molecule has 2 atom stereocenters. The van der Waals surface area contributed by atoms with E-state index in [1.165, 1.54) is 19.0 Å². The molecular weight excluding hydrogens is 343 g/mol. The van der Waals surface area contributed by atoms with E-state index in [-0.39, 0.29) is 23.8 Å². The summed E-state index contributed by atoms with van der Waals surface area (Å²) in [5, 5.41) is 6.37. The lowest BCUT2D eigenvalue weighted by molar-refractivity contribution is -0.126. The highest BCUT2D eigenvalue weighted by atomic mass is 19.1. The van der Waals surface area contributed by atoms with Gasteiger partial charge in [0.2, 0.25) is 5.91 Å². The first kappa shape index (κ1) is 20.2. The summed E-state index contributed by atoms with van der Waals surface area (Å²) in [7, 11) is 1.72. The number of rotatable bonds is 7. The minimum Gasteiger partial charge on any atom is -0.358 e. The first-order chi connectivity index (χ1) is 13.1. The average molecular weight is 377 g/mol. The van der Waals surface area contributed by atoms with Gasteiger partial charge in [-0.05, 0) is 63.0 Å². The summed E-state index contributed by atoms with van der Waals surface area (Å²) < 4.78 is 13.4. The van der Waals surface area contributed by atoms with Gasteiger partial charge < -0.3 is 15.5 Å². The van der Waals surface area contributed by atoms with Crippen molar-refractivity contribution in [2.75, 3.05) is 33.2 Å². The molecule has 1 amide bonds. The predicted octanol–water partition coefficient (Wildman–Crippen LogP) is 1.98. The number of likely N-dealkylation sites (N-methyl/N-ethyl adjacent to an activating group) is 1. The lowest BCUT2D eigenvalue weighted by atomic mass is 10.0. The second-order valence-corrected chi connectivity index (χ2v) is 7.84. The zero-order valence-electron chi connectivity index (χ0n) is 16.6. The number of benzene rings is 1. The number of hydrogen-bond acceptors (Lipinski definition) is 4. The molecule has 1 aromatic rings. The van der Waals surface area contributed by atoms with Crippen molar-refractivity contribution in [3.8, 4) is 0 Å². The topological polar surface area (TPSA) is 47.6 Å². The van der Waals surface area contributed by atoms with Crippen LogP contribution < -0.4 is 10.6 Å². The van der Waals surface area contributed by atoms with Crippen molar-refractivity contribution in [3.63, 3.8) is 0 Å². The third kappa shape index (κ3) is 5.27. The van der Waals surface area contributed by atoms with Gasteiger partial charge in [-0.25, -0.2) is 4.39 Å². The molecule has 2 fully saturated rings. The lowest BCUT2D eigenvalue weighted by Crippen LogP contribution is -2.51. The van der Waals surface area contributed by atoms with Crippen LogP contribution in [-0.2, 0) is 11.3 Å². The molecule has 0 aromatic heterocycles. The normalized spacial score (nSPS) is 25.0. The van der Waals surface area contributed by atoms with Gasteiger partial charge in [0.05, 0.1) is 6.04 Å². The summed E-state index contributed by atoms with van der Waals surface area (Å²) in [5.41, 5.74) is 0.942. The van der Waals surface area contributed by atoms with Crippen molar-refractivity contribution in [2.24, 2.45) is 0 Å². The van der Waals surface area contributed by atoms with Crippen LogP contribution in [0.3, 0.4) is 0 Å². The molecule has 6 heteroatoms. The smallest absolute Gasteiger partial charge is 0.237 e. The average Bonchev–Trinajstić information content (AvgIpc) is 3.11.